The van der Waals surface area contributed by atoms with Gasteiger partial charge in [0.1, 0.15) is 12.1 Å². The van der Waals surface area contributed by atoms with Gasteiger partial charge in [-0.2, -0.15) is 11.8 Å². The van der Waals surface area contributed by atoms with Crippen LogP contribution in [0, 0.1) is 0 Å². The zero-order valence-electron chi connectivity index (χ0n) is 11.9. The van der Waals surface area contributed by atoms with Gasteiger partial charge in [0.25, 0.3) is 0 Å². The third kappa shape index (κ3) is 9.89. The molecular weight excluding hydrogens is 292 g/mol. The van der Waals surface area contributed by atoms with Crippen LogP contribution in [0.1, 0.15) is 12.0 Å². The molecule has 0 spiro atoms. The summed E-state index contributed by atoms with van der Waals surface area (Å²) in [7, 11) is 0. The van der Waals surface area contributed by atoms with E-state index in [1.54, 1.807) is 11.8 Å². The van der Waals surface area contributed by atoms with Gasteiger partial charge in [-0.15, -0.1) is 0 Å². The van der Waals surface area contributed by atoms with E-state index < -0.39 is 24.0 Å². The molecule has 118 valence electrons. The highest BCUT2D eigenvalue weighted by molar-refractivity contribution is 7.98. The van der Waals surface area contributed by atoms with Gasteiger partial charge < -0.3 is 21.7 Å². The molecule has 0 aliphatic carbocycles. The van der Waals surface area contributed by atoms with Crippen molar-refractivity contribution in [2.45, 2.75) is 24.9 Å². The van der Waals surface area contributed by atoms with Crippen molar-refractivity contribution in [3.05, 3.63) is 35.9 Å². The van der Waals surface area contributed by atoms with Crippen molar-refractivity contribution in [1.29, 1.82) is 0 Å². The van der Waals surface area contributed by atoms with E-state index in [0.29, 0.717) is 12.8 Å². The molecule has 1 rings (SSSR count). The maximum absolute atomic E-state index is 10.4. The van der Waals surface area contributed by atoms with Gasteiger partial charge in [-0.3, -0.25) is 9.59 Å². The van der Waals surface area contributed by atoms with Crippen LogP contribution in [0.25, 0.3) is 0 Å². The number of carboxylic acids is 2. The molecule has 0 aliphatic rings. The number of rotatable bonds is 7. The maximum Gasteiger partial charge on any atom is 0.320 e. The lowest BCUT2D eigenvalue weighted by Gasteiger charge is -2.04. The van der Waals surface area contributed by atoms with E-state index in [-0.39, 0.29) is 0 Å². The fourth-order valence-electron chi connectivity index (χ4n) is 1.32. The predicted molar refractivity (Wildman–Crippen MR) is 84.4 cm³/mol. The Hall–Kier alpha value is -1.57. The molecule has 0 radical (unpaired) electrons. The standard InChI is InChI=1S/C9H11NO2.C5H11NO2S/c10-8(9(11)12)6-7-4-2-1-3-5-7;1-9-3-2-4(6)5(7)8/h1-5,8H,6,10H2,(H,11,12);4H,2-3,6H2,1H3,(H,7,8)/t8-;/m0./s1. The molecule has 1 aromatic carbocycles. The van der Waals surface area contributed by atoms with Crippen molar-refractivity contribution in [2.75, 3.05) is 12.0 Å². The molecule has 0 aromatic heterocycles. The highest BCUT2D eigenvalue weighted by Gasteiger charge is 2.11. The van der Waals surface area contributed by atoms with Gasteiger partial charge in [-0.25, -0.2) is 0 Å². The lowest BCUT2D eigenvalue weighted by atomic mass is 10.1. The molecule has 6 nitrogen and oxygen atoms in total. The molecule has 0 heterocycles. The molecule has 0 saturated carbocycles. The van der Waals surface area contributed by atoms with E-state index in [2.05, 4.69) is 0 Å². The molecule has 2 atom stereocenters. The van der Waals surface area contributed by atoms with Crippen LogP contribution in [0.3, 0.4) is 0 Å². The Kier molecular flexibility index (Phi) is 10.3. The lowest BCUT2D eigenvalue weighted by molar-refractivity contribution is -0.139. The van der Waals surface area contributed by atoms with E-state index >= 15 is 0 Å². The summed E-state index contributed by atoms with van der Waals surface area (Å²) in [6.45, 7) is 0. The average molecular weight is 314 g/mol. The zero-order chi connectivity index (χ0) is 16.3. The zero-order valence-corrected chi connectivity index (χ0v) is 12.8. The number of aliphatic carboxylic acids is 2. The highest BCUT2D eigenvalue weighted by atomic mass is 32.2. The normalized spacial score (nSPS) is 12.7. The van der Waals surface area contributed by atoms with Crippen LogP contribution in [-0.4, -0.2) is 46.2 Å². The van der Waals surface area contributed by atoms with Crippen LogP contribution in [-0.2, 0) is 16.0 Å². The first-order chi connectivity index (χ1) is 9.88. The summed E-state index contributed by atoms with van der Waals surface area (Å²) in [4.78, 5) is 20.4. The maximum atomic E-state index is 10.4. The summed E-state index contributed by atoms with van der Waals surface area (Å²) < 4.78 is 0. The Morgan fingerprint density at radius 2 is 1.62 bits per heavy atom. The second-order valence-corrected chi connectivity index (χ2v) is 5.35. The van der Waals surface area contributed by atoms with E-state index in [0.717, 1.165) is 11.3 Å². The summed E-state index contributed by atoms with van der Waals surface area (Å²) >= 11 is 1.60. The molecule has 0 bridgehead atoms. The van der Waals surface area contributed by atoms with E-state index in [1.807, 2.05) is 36.6 Å². The Morgan fingerprint density at radius 1 is 1.10 bits per heavy atom. The quantitative estimate of drug-likeness (QED) is 0.586. The molecule has 1 unspecified atom stereocenters. The molecule has 0 amide bonds. The molecule has 1 aromatic rings. The fourth-order valence-corrected chi connectivity index (χ4v) is 1.81. The monoisotopic (exact) mass is 314 g/mol. The molecule has 6 N–H and O–H groups in total. The summed E-state index contributed by atoms with van der Waals surface area (Å²) in [5, 5.41) is 16.8. The number of carbonyl (C=O) groups is 2. The Labute approximate surface area is 128 Å². The Morgan fingerprint density at radius 3 is 2.05 bits per heavy atom. The molecule has 7 heteroatoms. The Balaban J connectivity index is 0.000000400. The topological polar surface area (TPSA) is 127 Å². The SMILES string of the molecule is CSCCC(N)C(=O)O.N[C@@H](Cc1ccccc1)C(=O)O. The van der Waals surface area contributed by atoms with Crippen LogP contribution in [0.4, 0.5) is 0 Å². The van der Waals surface area contributed by atoms with Crippen molar-refractivity contribution in [2.24, 2.45) is 11.5 Å². The largest absolute Gasteiger partial charge is 0.480 e. The van der Waals surface area contributed by atoms with Gasteiger partial charge >= 0.3 is 11.9 Å². The van der Waals surface area contributed by atoms with Gasteiger partial charge in [0.05, 0.1) is 0 Å². The van der Waals surface area contributed by atoms with Crippen molar-refractivity contribution >= 4 is 23.7 Å². The molecule has 0 saturated heterocycles. The van der Waals surface area contributed by atoms with E-state index in [9.17, 15) is 9.59 Å². The third-order valence-corrected chi connectivity index (χ3v) is 3.21. The van der Waals surface area contributed by atoms with Crippen molar-refractivity contribution in [1.82, 2.24) is 0 Å². The molecule has 0 fully saturated rings. The van der Waals surface area contributed by atoms with Crippen molar-refractivity contribution < 1.29 is 19.8 Å². The number of thioether (sulfide) groups is 1. The smallest absolute Gasteiger partial charge is 0.320 e. The van der Waals surface area contributed by atoms with Crippen LogP contribution in [0.5, 0.6) is 0 Å². The molecule has 21 heavy (non-hydrogen) atoms. The average Bonchev–Trinajstić information content (AvgIpc) is 2.46. The Bertz CT molecular complexity index is 428. The first-order valence-electron chi connectivity index (χ1n) is 6.38. The van der Waals surface area contributed by atoms with Crippen LogP contribution < -0.4 is 11.5 Å². The second kappa shape index (κ2) is 11.1. The number of nitrogens with two attached hydrogens (primary N) is 2. The van der Waals surface area contributed by atoms with Gasteiger partial charge in [0.2, 0.25) is 0 Å². The fraction of sp³-hybridized carbons (Fsp3) is 0.429. The third-order valence-electron chi connectivity index (χ3n) is 2.57. The minimum Gasteiger partial charge on any atom is -0.480 e. The summed E-state index contributed by atoms with van der Waals surface area (Å²) in [5.74, 6) is -1.06. The number of carboxylic acid groups (broad SMARTS) is 2. The summed E-state index contributed by atoms with van der Waals surface area (Å²) in [6, 6.07) is 7.86. The van der Waals surface area contributed by atoms with Crippen LogP contribution in [0.2, 0.25) is 0 Å². The summed E-state index contributed by atoms with van der Waals surface area (Å²) in [5.41, 5.74) is 11.5. The van der Waals surface area contributed by atoms with Gasteiger partial charge in [-0.1, -0.05) is 30.3 Å². The van der Waals surface area contributed by atoms with Crippen LogP contribution in [0.15, 0.2) is 30.3 Å². The summed E-state index contributed by atoms with van der Waals surface area (Å²) in [6.07, 6.45) is 2.86. The van der Waals surface area contributed by atoms with Crippen LogP contribution >= 0.6 is 11.8 Å². The van der Waals surface area contributed by atoms with E-state index in [1.165, 1.54) is 0 Å². The first-order valence-corrected chi connectivity index (χ1v) is 7.77. The van der Waals surface area contributed by atoms with E-state index in [4.69, 9.17) is 21.7 Å². The minimum atomic E-state index is -0.959. The van der Waals surface area contributed by atoms with Gasteiger partial charge in [0, 0.05) is 0 Å². The van der Waals surface area contributed by atoms with Crippen molar-refractivity contribution in [3.63, 3.8) is 0 Å². The molecule has 0 aliphatic heterocycles. The number of benzene rings is 1. The highest BCUT2D eigenvalue weighted by Crippen LogP contribution is 2.01. The first kappa shape index (κ1) is 19.4. The van der Waals surface area contributed by atoms with Crippen molar-refractivity contribution in [3.8, 4) is 0 Å². The molecular formula is C14H22N2O4S. The lowest BCUT2D eigenvalue weighted by Crippen LogP contribution is -2.32. The minimum absolute atomic E-state index is 0.385. The second-order valence-electron chi connectivity index (χ2n) is 4.36. The number of hydrogen-bond acceptors (Lipinski definition) is 5. The number of hydrogen-bond donors (Lipinski definition) is 4. The predicted octanol–water partition coefficient (Wildman–Crippen LogP) is 0.792. The van der Waals surface area contributed by atoms with Gasteiger partial charge in [0.15, 0.2) is 0 Å². The van der Waals surface area contributed by atoms with Gasteiger partial charge in [-0.05, 0) is 30.4 Å².